The first-order valence-electron chi connectivity index (χ1n) is 13.3. The predicted octanol–water partition coefficient (Wildman–Crippen LogP) is 10.3. The molecule has 0 spiro atoms. The minimum Gasteiger partial charge on any atom is -0.0654 e. The normalized spacial score (nSPS) is 10.3. The van der Waals surface area contributed by atoms with Crippen molar-refractivity contribution in [3.63, 3.8) is 0 Å². The van der Waals surface area contributed by atoms with Gasteiger partial charge in [-0.2, -0.15) is 0 Å². The summed E-state index contributed by atoms with van der Waals surface area (Å²) >= 11 is 7.04. The van der Waals surface area contributed by atoms with E-state index in [2.05, 4.69) is 130 Å². The summed E-state index contributed by atoms with van der Waals surface area (Å²) in [5.74, 6) is 13.9. The minimum atomic E-state index is 1.04. The molecule has 0 saturated carbocycles. The van der Waals surface area contributed by atoms with Crippen LogP contribution in [0, 0.1) is 23.7 Å². The number of hydrogen-bond acceptors (Lipinski definition) is 0. The molecule has 0 nitrogen and oxygen atoms in total. The Morgan fingerprint density at radius 3 is 1.25 bits per heavy atom. The van der Waals surface area contributed by atoms with Crippen LogP contribution in [0.15, 0.2) is 69.6 Å². The standard InChI is InChI=1S/C34H36Br2/c1-3-5-7-9-11-29-25-32(20-14-28-17-23-34(36)24-18-28)30(12-10-8-6-4-2)26-31(29)19-13-27-15-21-33(35)22-16-27/h15-18,21-26H,3-12H2,1-2H3. The summed E-state index contributed by atoms with van der Waals surface area (Å²) in [7, 11) is 0. The highest BCUT2D eigenvalue weighted by atomic mass is 79.9. The summed E-state index contributed by atoms with van der Waals surface area (Å²) in [5, 5.41) is 0. The van der Waals surface area contributed by atoms with Gasteiger partial charge in [0.2, 0.25) is 0 Å². The zero-order valence-electron chi connectivity index (χ0n) is 21.6. The molecule has 0 aromatic heterocycles. The van der Waals surface area contributed by atoms with Gasteiger partial charge in [-0.3, -0.25) is 0 Å². The van der Waals surface area contributed by atoms with Gasteiger partial charge in [-0.25, -0.2) is 0 Å². The fourth-order valence-electron chi connectivity index (χ4n) is 4.17. The Balaban J connectivity index is 1.99. The molecule has 0 N–H and O–H groups in total. The molecule has 0 saturated heterocycles. The first kappa shape index (κ1) is 28.3. The van der Waals surface area contributed by atoms with Crippen molar-refractivity contribution >= 4 is 31.9 Å². The van der Waals surface area contributed by atoms with E-state index < -0.39 is 0 Å². The lowest BCUT2D eigenvalue weighted by atomic mass is 9.92. The van der Waals surface area contributed by atoms with Crippen LogP contribution in [-0.4, -0.2) is 0 Å². The van der Waals surface area contributed by atoms with E-state index in [1.54, 1.807) is 0 Å². The molecule has 0 aliphatic rings. The zero-order valence-corrected chi connectivity index (χ0v) is 24.8. The van der Waals surface area contributed by atoms with Crippen LogP contribution in [0.2, 0.25) is 0 Å². The van der Waals surface area contributed by atoms with E-state index >= 15 is 0 Å². The molecule has 0 bridgehead atoms. The lowest BCUT2D eigenvalue weighted by molar-refractivity contribution is 0.662. The summed E-state index contributed by atoms with van der Waals surface area (Å²) < 4.78 is 2.15. The number of halogens is 2. The second-order valence-electron chi connectivity index (χ2n) is 9.30. The molecule has 0 unspecified atom stereocenters. The summed E-state index contributed by atoms with van der Waals surface area (Å²) in [5.41, 5.74) is 7.06. The van der Waals surface area contributed by atoms with Gasteiger partial charge in [0.1, 0.15) is 0 Å². The summed E-state index contributed by atoms with van der Waals surface area (Å²) in [4.78, 5) is 0. The van der Waals surface area contributed by atoms with Gasteiger partial charge in [0.05, 0.1) is 0 Å². The lowest BCUT2D eigenvalue weighted by Crippen LogP contribution is -1.99. The zero-order chi connectivity index (χ0) is 25.6. The van der Waals surface area contributed by atoms with Crippen LogP contribution in [0.3, 0.4) is 0 Å². The minimum absolute atomic E-state index is 1.04. The molecule has 0 aliphatic carbocycles. The molecule has 3 aromatic carbocycles. The average molecular weight is 604 g/mol. The van der Waals surface area contributed by atoms with Gasteiger partial charge in [0.25, 0.3) is 0 Å². The Morgan fingerprint density at radius 2 is 0.889 bits per heavy atom. The maximum Gasteiger partial charge on any atom is 0.0284 e. The van der Waals surface area contributed by atoms with Gasteiger partial charge in [-0.15, -0.1) is 0 Å². The van der Waals surface area contributed by atoms with E-state index in [4.69, 9.17) is 0 Å². The van der Waals surface area contributed by atoms with E-state index in [1.807, 2.05) is 0 Å². The number of rotatable bonds is 10. The molecule has 0 atom stereocenters. The van der Waals surface area contributed by atoms with Crippen LogP contribution in [0.1, 0.15) is 98.6 Å². The van der Waals surface area contributed by atoms with E-state index in [1.165, 1.54) is 62.5 Å². The van der Waals surface area contributed by atoms with E-state index in [0.29, 0.717) is 0 Å². The Labute approximate surface area is 235 Å². The second-order valence-corrected chi connectivity index (χ2v) is 11.1. The maximum absolute atomic E-state index is 3.52. The maximum atomic E-state index is 3.52. The number of unbranched alkanes of at least 4 members (excludes halogenated alkanes) is 6. The SMILES string of the molecule is CCCCCCc1cc(C#Cc2ccc(Br)cc2)c(CCCCCC)cc1C#Cc1ccc(Br)cc1. The lowest BCUT2D eigenvalue weighted by Gasteiger charge is -2.12. The largest absolute Gasteiger partial charge is 0.0654 e. The van der Waals surface area contributed by atoms with Crippen LogP contribution >= 0.6 is 31.9 Å². The van der Waals surface area contributed by atoms with Crippen molar-refractivity contribution in [1.82, 2.24) is 0 Å². The third kappa shape index (κ3) is 9.65. The van der Waals surface area contributed by atoms with Crippen LogP contribution in [0.25, 0.3) is 0 Å². The Bertz CT molecular complexity index is 1110. The fraction of sp³-hybridized carbons (Fsp3) is 0.353. The van der Waals surface area contributed by atoms with Crippen LogP contribution in [0.5, 0.6) is 0 Å². The molecule has 36 heavy (non-hydrogen) atoms. The molecule has 3 rings (SSSR count). The number of hydrogen-bond donors (Lipinski definition) is 0. The van der Waals surface area contributed by atoms with E-state index in [0.717, 1.165) is 44.0 Å². The molecule has 0 radical (unpaired) electrons. The van der Waals surface area contributed by atoms with Crippen molar-refractivity contribution in [2.45, 2.75) is 78.1 Å². The highest BCUT2D eigenvalue weighted by Gasteiger charge is 2.09. The summed E-state index contributed by atoms with van der Waals surface area (Å²) in [6, 6.07) is 21.2. The van der Waals surface area contributed by atoms with Crippen LogP contribution in [-0.2, 0) is 12.8 Å². The van der Waals surface area contributed by atoms with E-state index in [-0.39, 0.29) is 0 Å². The predicted molar refractivity (Wildman–Crippen MR) is 162 cm³/mol. The van der Waals surface area contributed by atoms with Gasteiger partial charge < -0.3 is 0 Å². The van der Waals surface area contributed by atoms with Gasteiger partial charge in [0.15, 0.2) is 0 Å². The van der Waals surface area contributed by atoms with Crippen molar-refractivity contribution in [2.75, 3.05) is 0 Å². The molecule has 0 aliphatic heterocycles. The van der Waals surface area contributed by atoms with Crippen molar-refractivity contribution in [2.24, 2.45) is 0 Å². The molecule has 0 amide bonds. The fourth-order valence-corrected chi connectivity index (χ4v) is 4.69. The van der Waals surface area contributed by atoms with Crippen LogP contribution in [0.4, 0.5) is 0 Å². The highest BCUT2D eigenvalue weighted by molar-refractivity contribution is 9.10. The monoisotopic (exact) mass is 602 g/mol. The summed E-state index contributed by atoms with van der Waals surface area (Å²) in [6.45, 7) is 4.52. The molecular formula is C34H36Br2. The number of benzene rings is 3. The molecule has 2 heteroatoms. The average Bonchev–Trinajstić information content (AvgIpc) is 2.89. The van der Waals surface area contributed by atoms with Crippen molar-refractivity contribution in [1.29, 1.82) is 0 Å². The molecule has 0 fully saturated rings. The van der Waals surface area contributed by atoms with Gasteiger partial charge in [-0.1, -0.05) is 108 Å². The summed E-state index contributed by atoms with van der Waals surface area (Å²) in [6.07, 6.45) is 12.1. The smallest absolute Gasteiger partial charge is 0.0284 e. The Kier molecular flexibility index (Phi) is 12.4. The van der Waals surface area contributed by atoms with Gasteiger partial charge >= 0.3 is 0 Å². The van der Waals surface area contributed by atoms with Crippen molar-refractivity contribution in [3.8, 4) is 23.7 Å². The van der Waals surface area contributed by atoms with E-state index in [9.17, 15) is 0 Å². The number of aryl methyl sites for hydroxylation is 2. The first-order valence-corrected chi connectivity index (χ1v) is 14.9. The first-order chi connectivity index (χ1) is 17.6. The molecule has 3 aromatic rings. The van der Waals surface area contributed by atoms with Gasteiger partial charge in [0, 0.05) is 31.2 Å². The second kappa shape index (κ2) is 15.8. The topological polar surface area (TPSA) is 0 Å². The van der Waals surface area contributed by atoms with Crippen molar-refractivity contribution < 1.29 is 0 Å². The van der Waals surface area contributed by atoms with Gasteiger partial charge in [-0.05, 0) is 97.5 Å². The quantitative estimate of drug-likeness (QED) is 0.160. The molecule has 186 valence electrons. The third-order valence-corrected chi connectivity index (χ3v) is 7.36. The van der Waals surface area contributed by atoms with Crippen LogP contribution < -0.4 is 0 Å². The van der Waals surface area contributed by atoms with Crippen molar-refractivity contribution in [3.05, 3.63) is 103 Å². The Hall–Kier alpha value is -2.26. The third-order valence-electron chi connectivity index (χ3n) is 6.30. The molecule has 0 heterocycles. The Morgan fingerprint density at radius 1 is 0.500 bits per heavy atom. The highest BCUT2D eigenvalue weighted by Crippen LogP contribution is 2.22. The molecular weight excluding hydrogens is 568 g/mol.